The quantitative estimate of drug-likeness (QED) is 0.840. The van der Waals surface area contributed by atoms with Gasteiger partial charge in [0.25, 0.3) is 5.56 Å². The monoisotopic (exact) mass is 268 g/mol. The highest BCUT2D eigenvalue weighted by Crippen LogP contribution is 2.29. The first-order valence-corrected chi connectivity index (χ1v) is 6.59. The van der Waals surface area contributed by atoms with Crippen molar-refractivity contribution >= 4 is 23.4 Å². The molecule has 3 nitrogen and oxygen atoms in total. The fourth-order valence-corrected chi connectivity index (χ4v) is 2.75. The Kier molecular flexibility index (Phi) is 3.64. The van der Waals surface area contributed by atoms with Gasteiger partial charge in [0.2, 0.25) is 0 Å². The van der Waals surface area contributed by atoms with Gasteiger partial charge in [0.15, 0.2) is 0 Å². The first-order chi connectivity index (χ1) is 8.06. The lowest BCUT2D eigenvalue weighted by atomic mass is 10.2. The van der Waals surface area contributed by atoms with Crippen molar-refractivity contribution in [3.05, 3.63) is 50.4 Å². The molecule has 0 amide bonds. The van der Waals surface area contributed by atoms with Crippen molar-refractivity contribution in [2.75, 3.05) is 0 Å². The van der Waals surface area contributed by atoms with E-state index in [0.717, 1.165) is 27.6 Å². The van der Waals surface area contributed by atoms with Gasteiger partial charge in [-0.3, -0.25) is 9.89 Å². The number of H-pyrrole nitrogens is 2. The van der Waals surface area contributed by atoms with Crippen molar-refractivity contribution in [1.82, 2.24) is 10.2 Å². The Morgan fingerprint density at radius 1 is 1.18 bits per heavy atom. The first-order valence-electron chi connectivity index (χ1n) is 5.22. The Hall–Kier alpha value is -1.13. The summed E-state index contributed by atoms with van der Waals surface area (Å²) in [4.78, 5) is 12.1. The third kappa shape index (κ3) is 2.96. The summed E-state index contributed by atoms with van der Waals surface area (Å²) in [7, 11) is 0. The van der Waals surface area contributed by atoms with Crippen molar-refractivity contribution in [3.8, 4) is 0 Å². The average molecular weight is 269 g/mol. The Morgan fingerprint density at radius 3 is 2.59 bits per heavy atom. The van der Waals surface area contributed by atoms with Crippen LogP contribution in [0, 0.1) is 13.8 Å². The number of aromatic amines is 2. The fourth-order valence-electron chi connectivity index (χ4n) is 1.52. The van der Waals surface area contributed by atoms with Gasteiger partial charge in [-0.15, -0.1) is 11.8 Å². The average Bonchev–Trinajstić information content (AvgIpc) is 2.68. The van der Waals surface area contributed by atoms with E-state index in [2.05, 4.69) is 16.3 Å². The third-order valence-electron chi connectivity index (χ3n) is 2.49. The number of aryl methyl sites for hydroxylation is 2. The van der Waals surface area contributed by atoms with E-state index in [1.807, 2.05) is 19.9 Å². The minimum atomic E-state index is -0.0930. The lowest BCUT2D eigenvalue weighted by Gasteiger charge is -2.07. The molecule has 2 aromatic rings. The molecule has 1 aromatic carbocycles. The highest BCUT2D eigenvalue weighted by molar-refractivity contribution is 7.98. The van der Waals surface area contributed by atoms with Gasteiger partial charge in [0.05, 0.1) is 0 Å². The minimum Gasteiger partial charge on any atom is -0.301 e. The van der Waals surface area contributed by atoms with Crippen LogP contribution in [0.15, 0.2) is 27.9 Å². The maximum Gasteiger partial charge on any atom is 0.264 e. The van der Waals surface area contributed by atoms with Crippen LogP contribution in [-0.2, 0) is 5.75 Å². The number of thioether (sulfide) groups is 1. The zero-order valence-electron chi connectivity index (χ0n) is 9.63. The molecule has 0 saturated carbocycles. The first kappa shape index (κ1) is 12.3. The van der Waals surface area contributed by atoms with Gasteiger partial charge in [-0.2, -0.15) is 0 Å². The second kappa shape index (κ2) is 5.02. The van der Waals surface area contributed by atoms with Gasteiger partial charge in [0, 0.05) is 27.4 Å². The number of nitrogens with one attached hydrogen (secondary N) is 2. The second-order valence-corrected chi connectivity index (χ2v) is 5.36. The molecule has 5 heteroatoms. The van der Waals surface area contributed by atoms with Crippen molar-refractivity contribution in [2.45, 2.75) is 24.5 Å². The number of aromatic nitrogens is 2. The number of hydrogen-bond donors (Lipinski definition) is 2. The van der Waals surface area contributed by atoms with Crippen LogP contribution in [0.5, 0.6) is 0 Å². The van der Waals surface area contributed by atoms with Crippen LogP contribution in [0.3, 0.4) is 0 Å². The summed E-state index contributed by atoms with van der Waals surface area (Å²) in [6.45, 7) is 4.03. The second-order valence-electron chi connectivity index (χ2n) is 3.94. The fraction of sp³-hybridized carbons (Fsp3) is 0.250. The Bertz CT molecular complexity index is 588. The van der Waals surface area contributed by atoms with E-state index >= 15 is 0 Å². The van der Waals surface area contributed by atoms with Crippen molar-refractivity contribution in [2.24, 2.45) is 0 Å². The maximum absolute atomic E-state index is 11.0. The summed E-state index contributed by atoms with van der Waals surface area (Å²) in [5, 5.41) is 6.16. The van der Waals surface area contributed by atoms with Crippen LogP contribution >= 0.6 is 23.4 Å². The summed E-state index contributed by atoms with van der Waals surface area (Å²) in [6, 6.07) is 5.62. The molecule has 0 aliphatic rings. The number of benzene rings is 1. The van der Waals surface area contributed by atoms with E-state index in [1.54, 1.807) is 17.8 Å². The summed E-state index contributed by atoms with van der Waals surface area (Å²) < 4.78 is 0. The maximum atomic E-state index is 11.0. The molecule has 0 aliphatic heterocycles. The molecular formula is C12H13ClN2OS. The number of halogens is 1. The van der Waals surface area contributed by atoms with Crippen LogP contribution in [0.25, 0.3) is 0 Å². The van der Waals surface area contributed by atoms with E-state index in [0.29, 0.717) is 0 Å². The van der Waals surface area contributed by atoms with Crippen molar-refractivity contribution in [1.29, 1.82) is 0 Å². The lowest BCUT2D eigenvalue weighted by Crippen LogP contribution is -1.93. The zero-order chi connectivity index (χ0) is 12.4. The predicted octanol–water partition coefficient (Wildman–Crippen LogP) is 3.27. The number of rotatable bonds is 3. The molecule has 0 saturated heterocycles. The molecule has 0 unspecified atom stereocenters. The highest BCUT2D eigenvalue weighted by atomic mass is 35.5. The van der Waals surface area contributed by atoms with Gasteiger partial charge in [0.1, 0.15) is 0 Å². The normalized spacial score (nSPS) is 10.8. The predicted molar refractivity (Wildman–Crippen MR) is 71.9 cm³/mol. The summed E-state index contributed by atoms with van der Waals surface area (Å²) in [5.41, 5.74) is 3.03. The van der Waals surface area contributed by atoms with Crippen LogP contribution in [0.2, 0.25) is 5.02 Å². The smallest absolute Gasteiger partial charge is 0.264 e. The summed E-state index contributed by atoms with van der Waals surface area (Å²) in [6.07, 6.45) is 0. The van der Waals surface area contributed by atoms with E-state index < -0.39 is 0 Å². The molecule has 17 heavy (non-hydrogen) atoms. The van der Waals surface area contributed by atoms with Crippen LogP contribution in [0.1, 0.15) is 16.8 Å². The van der Waals surface area contributed by atoms with E-state index in [9.17, 15) is 4.79 Å². The molecule has 0 aliphatic carbocycles. The standard InChI is InChI=1S/C12H13ClN2OS/c1-7-4-11(8(2)3-10(7)13)17-6-9-5-12(16)15-14-9/h3-5H,6H2,1-2H3,(H2,14,15,16). The number of hydrogen-bond acceptors (Lipinski definition) is 2. The lowest BCUT2D eigenvalue weighted by molar-refractivity contribution is 1.01. The summed E-state index contributed by atoms with van der Waals surface area (Å²) >= 11 is 7.73. The Balaban J connectivity index is 2.14. The molecule has 2 rings (SSSR count). The van der Waals surface area contributed by atoms with Gasteiger partial charge in [-0.25, -0.2) is 0 Å². The topological polar surface area (TPSA) is 48.6 Å². The van der Waals surface area contributed by atoms with Gasteiger partial charge in [-0.05, 0) is 37.1 Å². The van der Waals surface area contributed by atoms with Crippen molar-refractivity contribution < 1.29 is 0 Å². The van der Waals surface area contributed by atoms with Crippen molar-refractivity contribution in [3.63, 3.8) is 0 Å². The van der Waals surface area contributed by atoms with E-state index in [1.165, 1.54) is 4.90 Å². The van der Waals surface area contributed by atoms with E-state index in [-0.39, 0.29) is 5.56 Å². The molecule has 1 heterocycles. The molecular weight excluding hydrogens is 256 g/mol. The largest absolute Gasteiger partial charge is 0.301 e. The van der Waals surface area contributed by atoms with Gasteiger partial charge >= 0.3 is 0 Å². The zero-order valence-corrected chi connectivity index (χ0v) is 11.2. The minimum absolute atomic E-state index is 0.0930. The molecule has 0 atom stereocenters. The van der Waals surface area contributed by atoms with Gasteiger partial charge < -0.3 is 5.10 Å². The molecule has 0 spiro atoms. The third-order valence-corrected chi connectivity index (χ3v) is 4.10. The molecule has 0 fully saturated rings. The molecule has 90 valence electrons. The SMILES string of the molecule is Cc1cc(SCc2cc(=O)[nH][nH]2)c(C)cc1Cl. The Labute approximate surface area is 109 Å². The van der Waals surface area contributed by atoms with Gasteiger partial charge in [-0.1, -0.05) is 11.6 Å². The molecule has 1 aromatic heterocycles. The van der Waals surface area contributed by atoms with Crippen LogP contribution in [0.4, 0.5) is 0 Å². The Morgan fingerprint density at radius 2 is 1.94 bits per heavy atom. The van der Waals surface area contributed by atoms with Crippen LogP contribution in [-0.4, -0.2) is 10.2 Å². The molecule has 0 radical (unpaired) electrons. The summed E-state index contributed by atoms with van der Waals surface area (Å²) in [5.74, 6) is 0.737. The highest BCUT2D eigenvalue weighted by Gasteiger charge is 2.05. The van der Waals surface area contributed by atoms with E-state index in [4.69, 9.17) is 11.6 Å². The van der Waals surface area contributed by atoms with Crippen LogP contribution < -0.4 is 5.56 Å². The molecule has 2 N–H and O–H groups in total. The molecule has 0 bridgehead atoms.